The number of hydrogen-bond acceptors (Lipinski definition) is 7. The molecule has 0 amide bonds. The molecule has 1 aliphatic heterocycles. The van der Waals surface area contributed by atoms with Crippen molar-refractivity contribution in [3.8, 4) is 0 Å². The number of carbonyl (C=O) groups excluding carboxylic acids is 4. The highest BCUT2D eigenvalue weighted by Crippen LogP contribution is 2.55. The molecular formula is C22H26O7. The summed E-state index contributed by atoms with van der Waals surface area (Å²) in [7, 11) is 0. The van der Waals surface area contributed by atoms with Gasteiger partial charge in [-0.2, -0.15) is 0 Å². The molecular weight excluding hydrogens is 376 g/mol. The summed E-state index contributed by atoms with van der Waals surface area (Å²) in [6, 6.07) is 0. The average Bonchev–Trinajstić information content (AvgIpc) is 2.94. The van der Waals surface area contributed by atoms with Crippen molar-refractivity contribution in [1.82, 2.24) is 0 Å². The Morgan fingerprint density at radius 1 is 1.24 bits per heavy atom. The quantitative estimate of drug-likeness (QED) is 0.406. The lowest BCUT2D eigenvalue weighted by Gasteiger charge is -2.42. The second-order valence-electron chi connectivity index (χ2n) is 8.18. The highest BCUT2D eigenvalue weighted by Gasteiger charge is 2.65. The van der Waals surface area contributed by atoms with Crippen molar-refractivity contribution in [2.24, 2.45) is 23.2 Å². The van der Waals surface area contributed by atoms with Gasteiger partial charge in [0.2, 0.25) is 0 Å². The van der Waals surface area contributed by atoms with Gasteiger partial charge in [0.25, 0.3) is 0 Å². The fraction of sp³-hybridized carbons (Fsp3) is 0.545. The molecule has 7 heteroatoms. The zero-order valence-electron chi connectivity index (χ0n) is 17.3. The summed E-state index contributed by atoms with van der Waals surface area (Å²) in [5, 5.41) is 0. The average molecular weight is 402 g/mol. The standard InChI is InChI=1S/C22H26O7/c1-7-10(2)20(25)29-19-16-12(4)21(26)28-17(18(16)27-13(5)23)11(3)14-8-9-15(24)22(14,19)6/h7-9,11,14,16-19H,4H2,1-3,5-6H3/b10-7+/t11?,14?,16?,17?,18-,19?,22-/m0/s1. The SMILES string of the molecule is C=C1C(=O)OC2C(C)C3C=CC(=O)[C@@]3(C)C(OC(=O)/C(C)=C/C)C1[C@@H]2OC(C)=O. The molecule has 0 radical (unpaired) electrons. The van der Waals surface area contributed by atoms with Crippen molar-refractivity contribution >= 4 is 23.7 Å². The molecule has 0 aromatic heterocycles. The van der Waals surface area contributed by atoms with E-state index in [4.69, 9.17) is 14.2 Å². The topological polar surface area (TPSA) is 96.0 Å². The highest BCUT2D eigenvalue weighted by atomic mass is 16.6. The first-order chi connectivity index (χ1) is 13.5. The fourth-order valence-electron chi connectivity index (χ4n) is 4.78. The lowest BCUT2D eigenvalue weighted by Crippen LogP contribution is -2.54. The molecule has 3 rings (SSSR count). The Balaban J connectivity index is 2.20. The molecule has 7 nitrogen and oxygen atoms in total. The van der Waals surface area contributed by atoms with Crippen LogP contribution >= 0.6 is 0 Å². The third-order valence-electron chi connectivity index (χ3n) is 6.56. The molecule has 156 valence electrons. The van der Waals surface area contributed by atoms with Crippen LogP contribution in [-0.2, 0) is 33.4 Å². The molecule has 0 N–H and O–H groups in total. The number of ketones is 1. The maximum Gasteiger partial charge on any atom is 0.334 e. The minimum absolute atomic E-state index is 0.0252. The van der Waals surface area contributed by atoms with Gasteiger partial charge in [0, 0.05) is 24.0 Å². The summed E-state index contributed by atoms with van der Waals surface area (Å²) in [5.74, 6) is -3.62. The molecule has 0 aromatic rings. The molecule has 2 fully saturated rings. The molecule has 1 heterocycles. The van der Waals surface area contributed by atoms with Crippen LogP contribution in [0.15, 0.2) is 36.0 Å². The van der Waals surface area contributed by atoms with Crippen LogP contribution in [0.2, 0.25) is 0 Å². The zero-order valence-corrected chi connectivity index (χ0v) is 17.3. The third-order valence-corrected chi connectivity index (χ3v) is 6.56. The van der Waals surface area contributed by atoms with Gasteiger partial charge in [-0.05, 0) is 32.8 Å². The fourth-order valence-corrected chi connectivity index (χ4v) is 4.78. The Bertz CT molecular complexity index is 851. The zero-order chi connectivity index (χ0) is 21.7. The second-order valence-corrected chi connectivity index (χ2v) is 8.18. The van der Waals surface area contributed by atoms with Crippen LogP contribution in [0.5, 0.6) is 0 Å². The van der Waals surface area contributed by atoms with Gasteiger partial charge >= 0.3 is 17.9 Å². The van der Waals surface area contributed by atoms with E-state index in [9.17, 15) is 19.2 Å². The summed E-state index contributed by atoms with van der Waals surface area (Å²) < 4.78 is 17.0. The predicted octanol–water partition coefficient (Wildman–Crippen LogP) is 2.31. The molecule has 0 aromatic carbocycles. The molecule has 1 saturated heterocycles. The first kappa shape index (κ1) is 21.0. The summed E-state index contributed by atoms with van der Waals surface area (Å²) in [6.45, 7) is 12.0. The smallest absolute Gasteiger partial charge is 0.334 e. The second kappa shape index (κ2) is 7.28. The molecule has 7 atom stereocenters. The number of allylic oxidation sites excluding steroid dienone is 3. The summed E-state index contributed by atoms with van der Waals surface area (Å²) >= 11 is 0. The van der Waals surface area contributed by atoms with Crippen molar-refractivity contribution < 1.29 is 33.4 Å². The Kier molecular flexibility index (Phi) is 5.28. The van der Waals surface area contributed by atoms with E-state index in [1.807, 2.05) is 6.92 Å². The number of esters is 3. The number of hydrogen-bond donors (Lipinski definition) is 0. The van der Waals surface area contributed by atoms with Gasteiger partial charge < -0.3 is 14.2 Å². The van der Waals surface area contributed by atoms with Gasteiger partial charge in [-0.15, -0.1) is 0 Å². The van der Waals surface area contributed by atoms with Crippen molar-refractivity contribution in [2.75, 3.05) is 0 Å². The van der Waals surface area contributed by atoms with Gasteiger partial charge in [-0.25, -0.2) is 9.59 Å². The van der Waals surface area contributed by atoms with Gasteiger partial charge in [0.05, 0.1) is 11.3 Å². The van der Waals surface area contributed by atoms with E-state index < -0.39 is 47.6 Å². The molecule has 2 bridgehead atoms. The normalized spacial score (nSPS) is 38.8. The third kappa shape index (κ3) is 3.12. The molecule has 1 saturated carbocycles. The van der Waals surface area contributed by atoms with Crippen LogP contribution in [0, 0.1) is 23.2 Å². The lowest BCUT2D eigenvalue weighted by atomic mass is 9.67. The van der Waals surface area contributed by atoms with Gasteiger partial charge in [-0.3, -0.25) is 9.59 Å². The minimum atomic E-state index is -1.14. The van der Waals surface area contributed by atoms with E-state index in [-0.39, 0.29) is 23.2 Å². The van der Waals surface area contributed by atoms with Crippen molar-refractivity contribution in [2.45, 2.75) is 52.9 Å². The Hall–Kier alpha value is -2.70. The molecule has 0 spiro atoms. The van der Waals surface area contributed by atoms with E-state index in [2.05, 4.69) is 6.58 Å². The van der Waals surface area contributed by atoms with Crippen LogP contribution in [0.3, 0.4) is 0 Å². The van der Waals surface area contributed by atoms with E-state index >= 15 is 0 Å². The van der Waals surface area contributed by atoms with Crippen LogP contribution in [-0.4, -0.2) is 42.0 Å². The predicted molar refractivity (Wildman–Crippen MR) is 102 cm³/mol. The number of ether oxygens (including phenoxy) is 3. The summed E-state index contributed by atoms with van der Waals surface area (Å²) in [5.41, 5.74) is -0.750. The van der Waals surface area contributed by atoms with E-state index in [0.717, 1.165) is 0 Å². The molecule has 3 aliphatic rings. The monoisotopic (exact) mass is 402 g/mol. The van der Waals surface area contributed by atoms with Gasteiger partial charge in [0.1, 0.15) is 18.3 Å². The van der Waals surface area contributed by atoms with Crippen LogP contribution < -0.4 is 0 Å². The van der Waals surface area contributed by atoms with E-state index in [1.54, 1.807) is 32.9 Å². The molecule has 5 unspecified atom stereocenters. The van der Waals surface area contributed by atoms with E-state index in [0.29, 0.717) is 5.57 Å². The van der Waals surface area contributed by atoms with E-state index in [1.165, 1.54) is 13.0 Å². The Labute approximate surface area is 169 Å². The summed E-state index contributed by atoms with van der Waals surface area (Å²) in [4.78, 5) is 50.1. The minimum Gasteiger partial charge on any atom is -0.458 e. The van der Waals surface area contributed by atoms with Crippen molar-refractivity contribution in [3.05, 3.63) is 36.0 Å². The largest absolute Gasteiger partial charge is 0.458 e. The number of rotatable bonds is 3. The van der Waals surface area contributed by atoms with Crippen molar-refractivity contribution in [3.63, 3.8) is 0 Å². The highest BCUT2D eigenvalue weighted by molar-refractivity contribution is 5.99. The maximum atomic E-state index is 13.0. The first-order valence-electron chi connectivity index (χ1n) is 9.67. The lowest BCUT2D eigenvalue weighted by molar-refractivity contribution is -0.187. The first-order valence-corrected chi connectivity index (χ1v) is 9.67. The maximum absolute atomic E-state index is 13.0. The molecule has 29 heavy (non-hydrogen) atoms. The number of fused-ring (bicyclic) bond motifs is 3. The van der Waals surface area contributed by atoms with Crippen molar-refractivity contribution in [1.29, 1.82) is 0 Å². The van der Waals surface area contributed by atoms with Crippen LogP contribution in [0.4, 0.5) is 0 Å². The Morgan fingerprint density at radius 3 is 2.48 bits per heavy atom. The van der Waals surface area contributed by atoms with Gasteiger partial charge in [-0.1, -0.05) is 25.7 Å². The molecule has 2 aliphatic carbocycles. The van der Waals surface area contributed by atoms with Crippen LogP contribution in [0.1, 0.15) is 34.6 Å². The van der Waals surface area contributed by atoms with Crippen LogP contribution in [0.25, 0.3) is 0 Å². The number of carbonyl (C=O) groups is 4. The van der Waals surface area contributed by atoms with Gasteiger partial charge in [0.15, 0.2) is 5.78 Å². The summed E-state index contributed by atoms with van der Waals surface area (Å²) in [6.07, 6.45) is 2.12. The Morgan fingerprint density at radius 2 is 1.90 bits per heavy atom.